The van der Waals surface area contributed by atoms with E-state index in [1.165, 1.54) is 0 Å². The van der Waals surface area contributed by atoms with E-state index in [1.807, 2.05) is 34.5 Å². The Morgan fingerprint density at radius 2 is 2.24 bits per heavy atom. The van der Waals surface area contributed by atoms with Crippen molar-refractivity contribution in [3.05, 3.63) is 40.8 Å². The summed E-state index contributed by atoms with van der Waals surface area (Å²) >= 11 is 6.21. The Morgan fingerprint density at radius 1 is 1.38 bits per heavy atom. The number of nitrogens with one attached hydrogen (secondary N) is 1. The van der Waals surface area contributed by atoms with Gasteiger partial charge in [-0.25, -0.2) is 0 Å². The molecule has 29 heavy (non-hydrogen) atoms. The molecule has 1 saturated heterocycles. The molecule has 0 aliphatic carbocycles. The minimum absolute atomic E-state index is 0.0733. The van der Waals surface area contributed by atoms with Crippen LogP contribution in [0.25, 0.3) is 5.65 Å². The molecule has 0 radical (unpaired) electrons. The van der Waals surface area contributed by atoms with E-state index in [-0.39, 0.29) is 11.8 Å². The largest absolute Gasteiger partial charge is 0.352 e. The third-order valence-corrected chi connectivity index (χ3v) is 5.69. The standard InChI is InChI=1S/C20H26ClN7O/c1-3-8-27-13-16(14(2)25-27)11-22-19(29)15-6-4-9-26(12-15)20-24-23-18-17(21)7-5-10-28(18)20/h5,7,10,13,15H,3-4,6,8-9,11-12H2,1-2H3,(H,22,29)/t15-/m0/s1. The van der Waals surface area contributed by atoms with Crippen LogP contribution in [0.1, 0.15) is 37.4 Å². The average Bonchev–Trinajstić information content (AvgIpc) is 3.31. The fourth-order valence-electron chi connectivity index (χ4n) is 3.86. The number of hydrogen-bond acceptors (Lipinski definition) is 5. The Morgan fingerprint density at radius 3 is 3.07 bits per heavy atom. The van der Waals surface area contributed by atoms with Gasteiger partial charge in [-0.1, -0.05) is 18.5 Å². The highest BCUT2D eigenvalue weighted by Gasteiger charge is 2.28. The zero-order chi connectivity index (χ0) is 20.4. The summed E-state index contributed by atoms with van der Waals surface area (Å²) in [6.07, 6.45) is 6.76. The van der Waals surface area contributed by atoms with Crippen molar-refractivity contribution < 1.29 is 4.79 Å². The minimum atomic E-state index is -0.0822. The normalized spacial score (nSPS) is 17.1. The summed E-state index contributed by atoms with van der Waals surface area (Å²) in [6.45, 7) is 6.97. The summed E-state index contributed by atoms with van der Waals surface area (Å²) < 4.78 is 3.83. The fourth-order valence-corrected chi connectivity index (χ4v) is 4.06. The van der Waals surface area contributed by atoms with Gasteiger partial charge < -0.3 is 10.2 Å². The zero-order valence-electron chi connectivity index (χ0n) is 16.8. The zero-order valence-corrected chi connectivity index (χ0v) is 17.6. The topological polar surface area (TPSA) is 80.4 Å². The van der Waals surface area contributed by atoms with Crippen LogP contribution in [0.4, 0.5) is 5.95 Å². The highest BCUT2D eigenvalue weighted by Crippen LogP contribution is 2.25. The third-order valence-electron chi connectivity index (χ3n) is 5.40. The maximum atomic E-state index is 12.8. The van der Waals surface area contributed by atoms with E-state index in [1.54, 1.807) is 6.07 Å². The maximum Gasteiger partial charge on any atom is 0.231 e. The van der Waals surface area contributed by atoms with E-state index in [4.69, 9.17) is 11.6 Å². The van der Waals surface area contributed by atoms with Crippen LogP contribution in [0, 0.1) is 12.8 Å². The Labute approximate surface area is 174 Å². The molecule has 3 aromatic rings. The van der Waals surface area contributed by atoms with Crippen molar-refractivity contribution in [2.45, 2.75) is 46.2 Å². The van der Waals surface area contributed by atoms with E-state index in [0.29, 0.717) is 23.8 Å². The molecule has 8 nitrogen and oxygen atoms in total. The quantitative estimate of drug-likeness (QED) is 0.669. The number of carbonyl (C=O) groups is 1. The number of amides is 1. The summed E-state index contributed by atoms with van der Waals surface area (Å²) in [5.41, 5.74) is 2.67. The third kappa shape index (κ3) is 4.07. The van der Waals surface area contributed by atoms with E-state index < -0.39 is 0 Å². The first-order chi connectivity index (χ1) is 14.1. The molecule has 1 N–H and O–H groups in total. The molecule has 1 atom stereocenters. The summed E-state index contributed by atoms with van der Waals surface area (Å²) in [5.74, 6) is 0.724. The number of nitrogens with zero attached hydrogens (tertiary/aromatic N) is 6. The van der Waals surface area contributed by atoms with E-state index in [2.05, 4.69) is 32.4 Å². The molecule has 0 unspecified atom stereocenters. The van der Waals surface area contributed by atoms with Gasteiger partial charge in [0.15, 0.2) is 5.65 Å². The molecule has 4 heterocycles. The number of piperidine rings is 1. The SMILES string of the molecule is CCCn1cc(CNC(=O)[C@H]2CCCN(c3nnc4c(Cl)cccn34)C2)c(C)n1. The molecule has 3 aromatic heterocycles. The lowest BCUT2D eigenvalue weighted by atomic mass is 9.97. The van der Waals surface area contributed by atoms with Gasteiger partial charge in [0.1, 0.15) is 0 Å². The van der Waals surface area contributed by atoms with E-state index >= 15 is 0 Å². The minimum Gasteiger partial charge on any atom is -0.352 e. The predicted octanol–water partition coefficient (Wildman–Crippen LogP) is 2.83. The van der Waals surface area contributed by atoms with E-state index in [0.717, 1.165) is 49.6 Å². The van der Waals surface area contributed by atoms with Gasteiger partial charge in [-0.2, -0.15) is 5.10 Å². The monoisotopic (exact) mass is 415 g/mol. The highest BCUT2D eigenvalue weighted by molar-refractivity contribution is 6.33. The van der Waals surface area contributed by atoms with Gasteiger partial charge in [-0.05, 0) is 38.3 Å². The molecule has 1 fully saturated rings. The molecular formula is C20H26ClN7O. The predicted molar refractivity (Wildman–Crippen MR) is 112 cm³/mol. The fraction of sp³-hybridized carbons (Fsp3) is 0.500. The first-order valence-electron chi connectivity index (χ1n) is 10.1. The van der Waals surface area contributed by atoms with Crippen LogP contribution in [0.2, 0.25) is 5.02 Å². The van der Waals surface area contributed by atoms with E-state index in [9.17, 15) is 4.79 Å². The molecule has 0 spiro atoms. The number of aryl methyl sites for hydroxylation is 2. The van der Waals surface area contributed by atoms with Crippen molar-refractivity contribution in [1.82, 2.24) is 29.7 Å². The summed E-state index contributed by atoms with van der Waals surface area (Å²) in [7, 11) is 0. The van der Waals surface area contributed by atoms with Crippen LogP contribution in [-0.2, 0) is 17.9 Å². The highest BCUT2D eigenvalue weighted by atomic mass is 35.5. The van der Waals surface area contributed by atoms with Gasteiger partial charge in [-0.15, -0.1) is 10.2 Å². The number of carbonyl (C=O) groups excluding carboxylic acids is 1. The van der Waals surface area contributed by atoms with Crippen molar-refractivity contribution in [1.29, 1.82) is 0 Å². The number of anilines is 1. The van der Waals surface area contributed by atoms with Crippen LogP contribution in [0.3, 0.4) is 0 Å². The number of halogens is 1. The second kappa shape index (κ2) is 8.41. The lowest BCUT2D eigenvalue weighted by Gasteiger charge is -2.32. The molecule has 9 heteroatoms. The summed E-state index contributed by atoms with van der Waals surface area (Å²) in [5, 5.41) is 16.7. The molecule has 0 aromatic carbocycles. The van der Waals surface area contributed by atoms with Gasteiger partial charge in [0, 0.05) is 44.1 Å². The summed E-state index contributed by atoms with van der Waals surface area (Å²) in [4.78, 5) is 14.9. The Balaban J connectivity index is 1.41. The van der Waals surface area contributed by atoms with Crippen LogP contribution >= 0.6 is 11.6 Å². The van der Waals surface area contributed by atoms with Crippen LogP contribution in [0.15, 0.2) is 24.5 Å². The van der Waals surface area contributed by atoms with Crippen LogP contribution in [0.5, 0.6) is 0 Å². The molecule has 154 valence electrons. The Hall–Kier alpha value is -2.61. The van der Waals surface area contributed by atoms with Crippen LogP contribution < -0.4 is 10.2 Å². The molecular weight excluding hydrogens is 390 g/mol. The first kappa shape index (κ1) is 19.7. The van der Waals surface area contributed by atoms with Crippen molar-refractivity contribution in [3.63, 3.8) is 0 Å². The molecule has 1 aliphatic heterocycles. The lowest BCUT2D eigenvalue weighted by Crippen LogP contribution is -2.43. The molecule has 4 rings (SSSR count). The number of rotatable bonds is 6. The lowest BCUT2D eigenvalue weighted by molar-refractivity contribution is -0.125. The van der Waals surface area contributed by atoms with Crippen molar-refractivity contribution in [3.8, 4) is 0 Å². The number of aromatic nitrogens is 5. The van der Waals surface area contributed by atoms with Gasteiger partial charge >= 0.3 is 0 Å². The smallest absolute Gasteiger partial charge is 0.231 e. The second-order valence-electron chi connectivity index (χ2n) is 7.56. The Kier molecular flexibility index (Phi) is 5.71. The number of fused-ring (bicyclic) bond motifs is 1. The average molecular weight is 416 g/mol. The molecule has 1 amide bonds. The van der Waals surface area contributed by atoms with Gasteiger partial charge in [-0.3, -0.25) is 13.9 Å². The molecule has 0 saturated carbocycles. The van der Waals surface area contributed by atoms with Gasteiger partial charge in [0.05, 0.1) is 16.6 Å². The number of hydrogen-bond donors (Lipinski definition) is 1. The first-order valence-corrected chi connectivity index (χ1v) is 10.5. The molecule has 1 aliphatic rings. The van der Waals surface area contributed by atoms with Crippen molar-refractivity contribution in [2.24, 2.45) is 5.92 Å². The van der Waals surface area contributed by atoms with Gasteiger partial charge in [0.2, 0.25) is 11.9 Å². The Bertz CT molecular complexity index is 1010. The summed E-state index contributed by atoms with van der Waals surface area (Å²) in [6, 6.07) is 3.67. The second-order valence-corrected chi connectivity index (χ2v) is 7.96. The maximum absolute atomic E-state index is 12.8. The van der Waals surface area contributed by atoms with Crippen molar-refractivity contribution in [2.75, 3.05) is 18.0 Å². The van der Waals surface area contributed by atoms with Crippen LogP contribution in [-0.4, -0.2) is 43.4 Å². The van der Waals surface area contributed by atoms with Gasteiger partial charge in [0.25, 0.3) is 0 Å². The van der Waals surface area contributed by atoms with Crippen molar-refractivity contribution >= 4 is 29.1 Å². The molecule has 0 bridgehead atoms. The number of pyridine rings is 1.